The summed E-state index contributed by atoms with van der Waals surface area (Å²) in [4.78, 5) is 24.2. The van der Waals surface area contributed by atoms with E-state index in [1.165, 1.54) is 4.68 Å². The molecule has 1 amide bonds. The van der Waals surface area contributed by atoms with E-state index in [-0.39, 0.29) is 23.6 Å². The lowest BCUT2D eigenvalue weighted by Crippen LogP contribution is -2.37. The Morgan fingerprint density at radius 3 is 2.84 bits per heavy atom. The maximum atomic E-state index is 12.4. The van der Waals surface area contributed by atoms with E-state index in [4.69, 9.17) is 0 Å². The van der Waals surface area contributed by atoms with Crippen LogP contribution in [0.15, 0.2) is 17.1 Å². The molecule has 0 radical (unpaired) electrons. The first-order valence-corrected chi connectivity index (χ1v) is 6.41. The second-order valence-electron chi connectivity index (χ2n) is 5.25. The number of carbonyl (C=O) groups excluding carboxylic acids is 1. The predicted molar refractivity (Wildman–Crippen MR) is 71.4 cm³/mol. The molecule has 0 saturated heterocycles. The fourth-order valence-electron chi connectivity index (χ4n) is 2.58. The van der Waals surface area contributed by atoms with E-state index in [1.807, 2.05) is 25.3 Å². The quantitative estimate of drug-likeness (QED) is 0.834. The van der Waals surface area contributed by atoms with Crippen LogP contribution in [0.4, 0.5) is 0 Å². The highest BCUT2D eigenvalue weighted by atomic mass is 16.2. The molecule has 1 unspecified atom stereocenters. The fourth-order valence-corrected chi connectivity index (χ4v) is 2.58. The molecule has 2 aromatic rings. The molecular weight excluding hydrogens is 244 g/mol. The minimum Gasteiger partial charge on any atom is -0.349 e. The number of carbonyl (C=O) groups is 1. The van der Waals surface area contributed by atoms with Crippen molar-refractivity contribution in [2.24, 2.45) is 0 Å². The Labute approximate surface area is 110 Å². The first-order chi connectivity index (χ1) is 9.00. The van der Waals surface area contributed by atoms with Crippen LogP contribution in [0.25, 0.3) is 10.9 Å². The van der Waals surface area contributed by atoms with Crippen LogP contribution in [0, 0.1) is 0 Å². The number of nitrogens with zero attached hydrogens (tertiary/aromatic N) is 3. The van der Waals surface area contributed by atoms with Gasteiger partial charge in [0.2, 0.25) is 0 Å². The largest absolute Gasteiger partial charge is 0.349 e. The molecule has 6 nitrogen and oxygen atoms in total. The minimum absolute atomic E-state index is 0.0000723. The van der Waals surface area contributed by atoms with Crippen molar-refractivity contribution < 1.29 is 4.79 Å². The number of fused-ring (bicyclic) bond motifs is 3. The Bertz CT molecular complexity index is 726. The van der Waals surface area contributed by atoms with E-state index in [0.29, 0.717) is 17.6 Å². The molecule has 0 spiro atoms. The summed E-state index contributed by atoms with van der Waals surface area (Å²) in [7, 11) is 0. The highest BCUT2D eigenvalue weighted by Crippen LogP contribution is 2.24. The first kappa shape index (κ1) is 12.0. The van der Waals surface area contributed by atoms with E-state index in [2.05, 4.69) is 10.4 Å². The topological polar surface area (TPSA) is 68.9 Å². The van der Waals surface area contributed by atoms with Crippen molar-refractivity contribution in [1.82, 2.24) is 19.7 Å². The molecule has 1 atom stereocenters. The van der Waals surface area contributed by atoms with Crippen LogP contribution in [0.1, 0.15) is 43.3 Å². The van der Waals surface area contributed by atoms with Gasteiger partial charge in [0.05, 0.1) is 23.1 Å². The first-order valence-electron chi connectivity index (χ1n) is 6.41. The summed E-state index contributed by atoms with van der Waals surface area (Å²) in [5.74, 6) is -0.134. The van der Waals surface area contributed by atoms with Crippen LogP contribution in [0.2, 0.25) is 0 Å². The van der Waals surface area contributed by atoms with E-state index in [0.717, 1.165) is 5.52 Å². The molecule has 1 N–H and O–H groups in total. The predicted octanol–water partition coefficient (Wildman–Crippen LogP) is 1.08. The molecule has 0 bridgehead atoms. The lowest BCUT2D eigenvalue weighted by Gasteiger charge is -2.23. The zero-order chi connectivity index (χ0) is 13.7. The van der Waals surface area contributed by atoms with Crippen molar-refractivity contribution in [3.8, 4) is 0 Å². The van der Waals surface area contributed by atoms with Gasteiger partial charge in [-0.15, -0.1) is 0 Å². The third-order valence-corrected chi connectivity index (χ3v) is 3.54. The lowest BCUT2D eigenvalue weighted by molar-refractivity contribution is 0.0919. The number of nitrogens with one attached hydrogen (secondary N) is 1. The second kappa shape index (κ2) is 3.94. The smallest absolute Gasteiger partial charge is 0.276 e. The third kappa shape index (κ3) is 1.59. The van der Waals surface area contributed by atoms with Gasteiger partial charge in [0.25, 0.3) is 11.5 Å². The number of rotatable bonds is 1. The highest BCUT2D eigenvalue weighted by molar-refractivity contribution is 5.99. The van der Waals surface area contributed by atoms with Crippen LogP contribution in [0.5, 0.6) is 0 Å². The number of amides is 1. The number of hydrogen-bond donors (Lipinski definition) is 1. The molecular formula is C13H16N4O2. The highest BCUT2D eigenvalue weighted by Gasteiger charge is 2.26. The minimum atomic E-state index is -0.144. The molecule has 0 fully saturated rings. The van der Waals surface area contributed by atoms with E-state index >= 15 is 0 Å². The van der Waals surface area contributed by atoms with Gasteiger partial charge in [-0.25, -0.2) is 4.68 Å². The van der Waals surface area contributed by atoms with Crippen molar-refractivity contribution in [2.45, 2.75) is 32.9 Å². The zero-order valence-corrected chi connectivity index (χ0v) is 11.2. The standard InChI is InChI=1S/C13H16N4O2/c1-7(2)17-13(19)9-4-10-12(18)14-5-8(3)16(10)11(9)6-15-17/h4,6-8H,5H2,1-3H3,(H,14,18). The number of hydrogen-bond acceptors (Lipinski definition) is 3. The molecule has 3 heterocycles. The van der Waals surface area contributed by atoms with Gasteiger partial charge in [-0.3, -0.25) is 9.59 Å². The van der Waals surface area contributed by atoms with Gasteiger partial charge in [0.1, 0.15) is 5.69 Å². The summed E-state index contributed by atoms with van der Waals surface area (Å²) in [5, 5.41) is 7.57. The average molecular weight is 260 g/mol. The van der Waals surface area contributed by atoms with Crippen LogP contribution >= 0.6 is 0 Å². The van der Waals surface area contributed by atoms with E-state index < -0.39 is 0 Å². The van der Waals surface area contributed by atoms with E-state index in [1.54, 1.807) is 12.3 Å². The van der Waals surface area contributed by atoms with Crippen LogP contribution < -0.4 is 10.9 Å². The SMILES string of the molecule is CC(C)n1ncc2c(cc3n2C(C)CNC3=O)c1=O. The summed E-state index contributed by atoms with van der Waals surface area (Å²) >= 11 is 0. The molecule has 0 aliphatic carbocycles. The van der Waals surface area contributed by atoms with Gasteiger partial charge in [0.15, 0.2) is 0 Å². The molecule has 1 aliphatic rings. The van der Waals surface area contributed by atoms with Crippen molar-refractivity contribution >= 4 is 16.8 Å². The zero-order valence-electron chi connectivity index (χ0n) is 11.2. The van der Waals surface area contributed by atoms with Crippen molar-refractivity contribution in [3.63, 3.8) is 0 Å². The van der Waals surface area contributed by atoms with Gasteiger partial charge in [-0.1, -0.05) is 0 Å². The Morgan fingerprint density at radius 2 is 2.16 bits per heavy atom. The van der Waals surface area contributed by atoms with Gasteiger partial charge in [-0.2, -0.15) is 5.10 Å². The fraction of sp³-hybridized carbons (Fsp3) is 0.462. The summed E-state index contributed by atoms with van der Waals surface area (Å²) in [6, 6.07) is 1.80. The molecule has 1 aliphatic heterocycles. The van der Waals surface area contributed by atoms with E-state index in [9.17, 15) is 9.59 Å². The van der Waals surface area contributed by atoms with Gasteiger partial charge in [-0.05, 0) is 26.8 Å². The Kier molecular flexibility index (Phi) is 2.48. The maximum absolute atomic E-state index is 12.4. The van der Waals surface area contributed by atoms with Crippen LogP contribution in [-0.4, -0.2) is 26.8 Å². The van der Waals surface area contributed by atoms with Crippen molar-refractivity contribution in [1.29, 1.82) is 0 Å². The Hall–Kier alpha value is -2.11. The average Bonchev–Trinajstić information content (AvgIpc) is 2.75. The maximum Gasteiger partial charge on any atom is 0.276 e. The van der Waals surface area contributed by atoms with Crippen molar-refractivity contribution in [2.75, 3.05) is 6.54 Å². The third-order valence-electron chi connectivity index (χ3n) is 3.54. The molecule has 19 heavy (non-hydrogen) atoms. The second-order valence-corrected chi connectivity index (χ2v) is 5.25. The molecule has 0 saturated carbocycles. The molecule has 2 aromatic heterocycles. The van der Waals surface area contributed by atoms with Gasteiger partial charge < -0.3 is 9.88 Å². The molecule has 3 rings (SSSR count). The van der Waals surface area contributed by atoms with Gasteiger partial charge >= 0.3 is 0 Å². The number of aromatic nitrogens is 3. The molecule has 6 heteroatoms. The summed E-state index contributed by atoms with van der Waals surface area (Å²) in [5.41, 5.74) is 1.13. The summed E-state index contributed by atoms with van der Waals surface area (Å²) < 4.78 is 3.34. The Morgan fingerprint density at radius 1 is 1.42 bits per heavy atom. The summed E-state index contributed by atoms with van der Waals surface area (Å²) in [6.45, 7) is 6.40. The van der Waals surface area contributed by atoms with Crippen molar-refractivity contribution in [3.05, 3.63) is 28.3 Å². The van der Waals surface area contributed by atoms with Crippen LogP contribution in [0.3, 0.4) is 0 Å². The normalized spacial score (nSPS) is 18.7. The Balaban J connectivity index is 2.37. The molecule has 100 valence electrons. The summed E-state index contributed by atoms with van der Waals surface area (Å²) in [6.07, 6.45) is 1.68. The monoisotopic (exact) mass is 260 g/mol. The van der Waals surface area contributed by atoms with Crippen LogP contribution in [-0.2, 0) is 0 Å². The molecule has 0 aromatic carbocycles. The lowest BCUT2D eigenvalue weighted by atomic mass is 10.2. The van der Waals surface area contributed by atoms with Gasteiger partial charge in [0, 0.05) is 12.6 Å².